The molecule has 0 heterocycles. The van der Waals surface area contributed by atoms with E-state index < -0.39 is 0 Å². The Morgan fingerprint density at radius 1 is 0.889 bits per heavy atom. The Hall–Kier alpha value is -3.27. The maximum absolute atomic E-state index is 12.3. The summed E-state index contributed by atoms with van der Waals surface area (Å²) in [5.74, 6) is 0.705. The molecule has 0 radical (unpaired) electrons. The number of anilines is 1. The van der Waals surface area contributed by atoms with E-state index in [2.05, 4.69) is 5.32 Å². The van der Waals surface area contributed by atoms with E-state index in [0.717, 1.165) is 22.6 Å². The highest BCUT2D eigenvalue weighted by Gasteiger charge is 2.06. The second-order valence-corrected chi connectivity index (χ2v) is 6.55. The number of amides is 1. The van der Waals surface area contributed by atoms with Crippen LogP contribution in [0.2, 0.25) is 0 Å². The molecule has 0 aliphatic heterocycles. The fraction of sp³-hybridized carbons (Fsp3) is 0.174. The molecule has 138 valence electrons. The smallest absolute Gasteiger partial charge is 0.251 e. The Kier molecular flexibility index (Phi) is 6.10. The largest absolute Gasteiger partial charge is 0.489 e. The Bertz CT molecular complexity index is 874. The van der Waals surface area contributed by atoms with Crippen molar-refractivity contribution in [3.63, 3.8) is 0 Å². The Labute approximate surface area is 160 Å². The average Bonchev–Trinajstić information content (AvgIpc) is 2.71. The number of rotatable bonds is 7. The zero-order valence-corrected chi connectivity index (χ0v) is 15.7. The van der Waals surface area contributed by atoms with Gasteiger partial charge in [-0.2, -0.15) is 0 Å². The van der Waals surface area contributed by atoms with Crippen molar-refractivity contribution in [3.8, 4) is 5.75 Å². The summed E-state index contributed by atoms with van der Waals surface area (Å²) in [6.45, 7) is 0.978. The van der Waals surface area contributed by atoms with Crippen LogP contribution in [0, 0.1) is 0 Å². The minimum absolute atomic E-state index is 0.0871. The first-order valence-electron chi connectivity index (χ1n) is 8.93. The summed E-state index contributed by atoms with van der Waals surface area (Å²) in [5.41, 5.74) is 3.84. The fourth-order valence-corrected chi connectivity index (χ4v) is 2.68. The highest BCUT2D eigenvalue weighted by atomic mass is 16.5. The number of nitrogens with zero attached hydrogens (tertiary/aromatic N) is 1. The van der Waals surface area contributed by atoms with Gasteiger partial charge in [-0.05, 0) is 47.5 Å². The first kappa shape index (κ1) is 18.5. The van der Waals surface area contributed by atoms with Crippen LogP contribution in [-0.4, -0.2) is 20.0 Å². The van der Waals surface area contributed by atoms with E-state index in [0.29, 0.717) is 18.7 Å². The van der Waals surface area contributed by atoms with Gasteiger partial charge in [0.05, 0.1) is 0 Å². The minimum atomic E-state index is -0.0871. The molecule has 0 bridgehead atoms. The standard InChI is InChI=1S/C23H24N2O2/c1-25(2)21-13-11-20(12-14-21)23(26)24-16-19-9-6-10-22(15-19)27-17-18-7-4-3-5-8-18/h3-15H,16-17H2,1-2H3,(H,24,26). The summed E-state index contributed by atoms with van der Waals surface area (Å²) in [5, 5.41) is 2.96. The number of hydrogen-bond donors (Lipinski definition) is 1. The lowest BCUT2D eigenvalue weighted by atomic mass is 10.1. The Morgan fingerprint density at radius 3 is 2.30 bits per heavy atom. The summed E-state index contributed by atoms with van der Waals surface area (Å²) in [6.07, 6.45) is 0. The summed E-state index contributed by atoms with van der Waals surface area (Å²) < 4.78 is 5.84. The molecule has 0 aliphatic rings. The van der Waals surface area contributed by atoms with Gasteiger partial charge in [0.15, 0.2) is 0 Å². The molecule has 1 amide bonds. The summed E-state index contributed by atoms with van der Waals surface area (Å²) in [6, 6.07) is 25.4. The lowest BCUT2D eigenvalue weighted by molar-refractivity contribution is 0.0951. The van der Waals surface area contributed by atoms with E-state index in [1.54, 1.807) is 0 Å². The number of hydrogen-bond acceptors (Lipinski definition) is 3. The van der Waals surface area contributed by atoms with Crippen LogP contribution in [0.15, 0.2) is 78.9 Å². The molecule has 3 rings (SSSR count). The van der Waals surface area contributed by atoms with E-state index in [1.165, 1.54) is 0 Å². The molecule has 3 aromatic carbocycles. The van der Waals surface area contributed by atoms with Crippen LogP contribution in [0.3, 0.4) is 0 Å². The molecular formula is C23H24N2O2. The van der Waals surface area contributed by atoms with Gasteiger partial charge in [-0.1, -0.05) is 42.5 Å². The van der Waals surface area contributed by atoms with Gasteiger partial charge >= 0.3 is 0 Å². The van der Waals surface area contributed by atoms with Crippen LogP contribution in [0.1, 0.15) is 21.5 Å². The first-order chi connectivity index (χ1) is 13.1. The molecule has 0 unspecified atom stereocenters. The van der Waals surface area contributed by atoms with Crippen molar-refractivity contribution in [2.45, 2.75) is 13.2 Å². The van der Waals surface area contributed by atoms with Crippen LogP contribution in [-0.2, 0) is 13.2 Å². The first-order valence-corrected chi connectivity index (χ1v) is 8.93. The van der Waals surface area contributed by atoms with E-state index in [4.69, 9.17) is 4.74 Å². The number of ether oxygens (including phenoxy) is 1. The zero-order chi connectivity index (χ0) is 19.1. The predicted octanol–water partition coefficient (Wildman–Crippen LogP) is 4.26. The van der Waals surface area contributed by atoms with Gasteiger partial charge < -0.3 is 15.0 Å². The van der Waals surface area contributed by atoms with E-state index in [-0.39, 0.29) is 5.91 Å². The van der Waals surface area contributed by atoms with Crippen molar-refractivity contribution in [2.75, 3.05) is 19.0 Å². The Balaban J connectivity index is 1.55. The molecule has 0 aliphatic carbocycles. The third-order valence-corrected chi connectivity index (χ3v) is 4.25. The molecule has 0 saturated carbocycles. The maximum Gasteiger partial charge on any atom is 0.251 e. The predicted molar refractivity (Wildman–Crippen MR) is 109 cm³/mol. The SMILES string of the molecule is CN(C)c1ccc(C(=O)NCc2cccc(OCc3ccccc3)c2)cc1. The normalized spacial score (nSPS) is 10.3. The van der Waals surface area contributed by atoms with Crippen LogP contribution in [0.5, 0.6) is 5.75 Å². The third kappa shape index (κ3) is 5.35. The second kappa shape index (κ2) is 8.90. The van der Waals surface area contributed by atoms with E-state index in [1.807, 2.05) is 97.9 Å². The quantitative estimate of drug-likeness (QED) is 0.684. The molecule has 0 fully saturated rings. The lowest BCUT2D eigenvalue weighted by Crippen LogP contribution is -2.22. The van der Waals surface area contributed by atoms with Crippen molar-refractivity contribution in [2.24, 2.45) is 0 Å². The van der Waals surface area contributed by atoms with Gasteiger partial charge in [0.2, 0.25) is 0 Å². The molecule has 4 heteroatoms. The minimum Gasteiger partial charge on any atom is -0.489 e. The average molecular weight is 360 g/mol. The highest BCUT2D eigenvalue weighted by molar-refractivity contribution is 5.94. The lowest BCUT2D eigenvalue weighted by Gasteiger charge is -2.13. The molecule has 0 spiro atoms. The summed E-state index contributed by atoms with van der Waals surface area (Å²) in [4.78, 5) is 14.3. The van der Waals surface area contributed by atoms with Crippen LogP contribution in [0.25, 0.3) is 0 Å². The maximum atomic E-state index is 12.3. The number of benzene rings is 3. The van der Waals surface area contributed by atoms with Gasteiger partial charge in [-0.25, -0.2) is 0 Å². The molecule has 0 aromatic heterocycles. The second-order valence-electron chi connectivity index (χ2n) is 6.55. The van der Waals surface area contributed by atoms with Gasteiger partial charge in [0.1, 0.15) is 12.4 Å². The Morgan fingerprint density at radius 2 is 1.59 bits per heavy atom. The summed E-state index contributed by atoms with van der Waals surface area (Å²) in [7, 11) is 3.95. The van der Waals surface area contributed by atoms with Crippen LogP contribution in [0.4, 0.5) is 5.69 Å². The molecule has 27 heavy (non-hydrogen) atoms. The van der Waals surface area contributed by atoms with Crippen LogP contribution >= 0.6 is 0 Å². The summed E-state index contributed by atoms with van der Waals surface area (Å²) >= 11 is 0. The zero-order valence-electron chi connectivity index (χ0n) is 15.7. The number of carbonyl (C=O) groups excluding carboxylic acids is 1. The fourth-order valence-electron chi connectivity index (χ4n) is 2.68. The van der Waals surface area contributed by atoms with Crippen molar-refractivity contribution in [1.82, 2.24) is 5.32 Å². The van der Waals surface area contributed by atoms with Gasteiger partial charge in [0, 0.05) is 31.9 Å². The van der Waals surface area contributed by atoms with E-state index in [9.17, 15) is 4.79 Å². The third-order valence-electron chi connectivity index (χ3n) is 4.25. The van der Waals surface area contributed by atoms with E-state index >= 15 is 0 Å². The molecular weight excluding hydrogens is 336 g/mol. The highest BCUT2D eigenvalue weighted by Crippen LogP contribution is 2.16. The van der Waals surface area contributed by atoms with Crippen molar-refractivity contribution in [1.29, 1.82) is 0 Å². The topological polar surface area (TPSA) is 41.6 Å². The van der Waals surface area contributed by atoms with Gasteiger partial charge in [0.25, 0.3) is 5.91 Å². The number of nitrogens with one attached hydrogen (secondary N) is 1. The molecule has 3 aromatic rings. The monoisotopic (exact) mass is 360 g/mol. The van der Waals surface area contributed by atoms with Crippen molar-refractivity contribution in [3.05, 3.63) is 95.6 Å². The molecule has 0 atom stereocenters. The van der Waals surface area contributed by atoms with Gasteiger partial charge in [-0.15, -0.1) is 0 Å². The van der Waals surface area contributed by atoms with Gasteiger partial charge in [-0.3, -0.25) is 4.79 Å². The number of carbonyl (C=O) groups is 1. The van der Waals surface area contributed by atoms with Crippen molar-refractivity contribution < 1.29 is 9.53 Å². The molecule has 0 saturated heterocycles. The molecule has 4 nitrogen and oxygen atoms in total. The van der Waals surface area contributed by atoms with Crippen molar-refractivity contribution >= 4 is 11.6 Å². The molecule has 1 N–H and O–H groups in total. The van der Waals surface area contributed by atoms with Crippen LogP contribution < -0.4 is 15.0 Å².